The molecule has 0 bridgehead atoms. The first-order valence-electron chi connectivity index (χ1n) is 6.35. The molecule has 116 valence electrons. The fraction of sp³-hybridized carbons (Fsp3) is 0.357. The topological polar surface area (TPSA) is 67.8 Å². The molecular weight excluding hydrogens is 284 g/mol. The van der Waals surface area contributed by atoms with Gasteiger partial charge < -0.3 is 19.9 Å². The molecule has 0 fully saturated rings. The van der Waals surface area contributed by atoms with Gasteiger partial charge in [-0.1, -0.05) is 6.07 Å². The second-order valence-electron chi connectivity index (χ2n) is 3.87. The largest absolute Gasteiger partial charge is 0.490 e. The van der Waals surface area contributed by atoms with Gasteiger partial charge in [-0.3, -0.25) is 4.79 Å². The summed E-state index contributed by atoms with van der Waals surface area (Å²) in [4.78, 5) is 11.3. The molecule has 0 saturated heterocycles. The molecule has 0 saturated carbocycles. The van der Waals surface area contributed by atoms with Gasteiger partial charge in [0.2, 0.25) is 5.91 Å². The number of aliphatic hydroxyl groups excluding tert-OH is 1. The standard InChI is InChI=1S/C14H17F2NO4/c1-2-20-12-9-10(3-5-11(12)21-14(15)16)4-6-13(19)17-7-8-18/h3-6,9,14,18H,2,7-8H2,1H3,(H,17,19)/b6-4+. The first-order valence-corrected chi connectivity index (χ1v) is 6.35. The van der Waals surface area contributed by atoms with Crippen molar-refractivity contribution in [1.82, 2.24) is 5.32 Å². The van der Waals surface area contributed by atoms with Gasteiger partial charge in [0.1, 0.15) is 0 Å². The van der Waals surface area contributed by atoms with Crippen LogP contribution in [0.3, 0.4) is 0 Å². The Morgan fingerprint density at radius 1 is 1.43 bits per heavy atom. The van der Waals surface area contributed by atoms with Crippen LogP contribution in [0.4, 0.5) is 8.78 Å². The van der Waals surface area contributed by atoms with Crippen LogP contribution in [0, 0.1) is 0 Å². The molecule has 0 radical (unpaired) electrons. The zero-order valence-electron chi connectivity index (χ0n) is 11.5. The van der Waals surface area contributed by atoms with Gasteiger partial charge in [0.15, 0.2) is 11.5 Å². The first-order chi connectivity index (χ1) is 10.1. The van der Waals surface area contributed by atoms with Gasteiger partial charge in [-0.2, -0.15) is 8.78 Å². The lowest BCUT2D eigenvalue weighted by Crippen LogP contribution is -2.24. The quantitative estimate of drug-likeness (QED) is 0.719. The number of rotatable bonds is 8. The van der Waals surface area contributed by atoms with Crippen molar-refractivity contribution in [3.63, 3.8) is 0 Å². The Hall–Kier alpha value is -2.15. The van der Waals surface area contributed by atoms with Gasteiger partial charge in [0, 0.05) is 12.6 Å². The Bertz CT molecular complexity index is 492. The molecule has 0 aromatic heterocycles. The highest BCUT2D eigenvalue weighted by molar-refractivity contribution is 5.91. The maximum absolute atomic E-state index is 12.2. The normalized spacial score (nSPS) is 10.9. The number of ether oxygens (including phenoxy) is 2. The minimum Gasteiger partial charge on any atom is -0.490 e. The number of hydrogen-bond donors (Lipinski definition) is 2. The number of carbonyl (C=O) groups is 1. The molecular formula is C14H17F2NO4. The van der Waals surface area contributed by atoms with Crippen molar-refractivity contribution in [1.29, 1.82) is 0 Å². The fourth-order valence-corrected chi connectivity index (χ4v) is 1.50. The average molecular weight is 301 g/mol. The van der Waals surface area contributed by atoms with Crippen molar-refractivity contribution < 1.29 is 28.2 Å². The molecule has 2 N–H and O–H groups in total. The molecule has 1 amide bonds. The number of benzene rings is 1. The Labute approximate surface area is 121 Å². The Morgan fingerprint density at radius 3 is 2.81 bits per heavy atom. The summed E-state index contributed by atoms with van der Waals surface area (Å²) in [7, 11) is 0. The number of hydrogen-bond acceptors (Lipinski definition) is 4. The van der Waals surface area contributed by atoms with E-state index < -0.39 is 6.61 Å². The van der Waals surface area contributed by atoms with Crippen LogP contribution in [0.15, 0.2) is 24.3 Å². The molecule has 0 unspecified atom stereocenters. The summed E-state index contributed by atoms with van der Waals surface area (Å²) < 4.78 is 34.1. The van der Waals surface area contributed by atoms with E-state index in [0.29, 0.717) is 12.2 Å². The van der Waals surface area contributed by atoms with E-state index in [1.165, 1.54) is 30.4 Å². The maximum Gasteiger partial charge on any atom is 0.387 e. The maximum atomic E-state index is 12.2. The van der Waals surface area contributed by atoms with Crippen LogP contribution in [-0.2, 0) is 4.79 Å². The zero-order valence-corrected chi connectivity index (χ0v) is 11.5. The van der Waals surface area contributed by atoms with Gasteiger partial charge in [-0.15, -0.1) is 0 Å². The van der Waals surface area contributed by atoms with E-state index in [1.807, 2.05) is 0 Å². The molecule has 0 aliphatic rings. The summed E-state index contributed by atoms with van der Waals surface area (Å²) in [6.07, 6.45) is 2.77. The van der Waals surface area contributed by atoms with Gasteiger partial charge >= 0.3 is 6.61 Å². The van der Waals surface area contributed by atoms with E-state index in [-0.39, 0.29) is 30.6 Å². The molecule has 1 rings (SSSR count). The molecule has 7 heteroatoms. The SMILES string of the molecule is CCOc1cc(/C=C/C(=O)NCCO)ccc1OC(F)F. The third kappa shape index (κ3) is 6.22. The predicted molar refractivity (Wildman–Crippen MR) is 73.4 cm³/mol. The van der Waals surface area contributed by atoms with Gasteiger partial charge in [-0.25, -0.2) is 0 Å². The van der Waals surface area contributed by atoms with Crippen molar-refractivity contribution in [2.45, 2.75) is 13.5 Å². The van der Waals surface area contributed by atoms with Crippen molar-refractivity contribution in [3.05, 3.63) is 29.8 Å². The van der Waals surface area contributed by atoms with E-state index in [4.69, 9.17) is 9.84 Å². The lowest BCUT2D eigenvalue weighted by Gasteiger charge is -2.11. The second-order valence-corrected chi connectivity index (χ2v) is 3.87. The number of carbonyl (C=O) groups excluding carboxylic acids is 1. The van der Waals surface area contributed by atoms with Crippen molar-refractivity contribution in [2.24, 2.45) is 0 Å². The number of alkyl halides is 2. The molecule has 5 nitrogen and oxygen atoms in total. The highest BCUT2D eigenvalue weighted by Crippen LogP contribution is 2.30. The van der Waals surface area contributed by atoms with Crippen LogP contribution in [0.1, 0.15) is 12.5 Å². The third-order valence-corrected chi connectivity index (χ3v) is 2.32. The Morgan fingerprint density at radius 2 is 2.19 bits per heavy atom. The highest BCUT2D eigenvalue weighted by Gasteiger charge is 2.10. The van der Waals surface area contributed by atoms with Crippen molar-refractivity contribution in [2.75, 3.05) is 19.8 Å². The van der Waals surface area contributed by atoms with Crippen molar-refractivity contribution >= 4 is 12.0 Å². The lowest BCUT2D eigenvalue weighted by atomic mass is 10.2. The third-order valence-electron chi connectivity index (χ3n) is 2.32. The van der Waals surface area contributed by atoms with Crippen LogP contribution in [0.25, 0.3) is 6.08 Å². The summed E-state index contributed by atoms with van der Waals surface area (Å²) in [6, 6.07) is 4.37. The van der Waals surface area contributed by atoms with Crippen LogP contribution >= 0.6 is 0 Å². The predicted octanol–water partition coefficient (Wildman–Crippen LogP) is 1.81. The molecule has 1 aromatic rings. The van der Waals surface area contributed by atoms with E-state index in [1.54, 1.807) is 6.92 Å². The summed E-state index contributed by atoms with van der Waals surface area (Å²) in [5.74, 6) is -0.251. The van der Waals surface area contributed by atoms with Gasteiger partial charge in [0.25, 0.3) is 0 Å². The fourth-order valence-electron chi connectivity index (χ4n) is 1.50. The monoisotopic (exact) mass is 301 g/mol. The van der Waals surface area contributed by atoms with E-state index >= 15 is 0 Å². The molecule has 0 atom stereocenters. The van der Waals surface area contributed by atoms with E-state index in [2.05, 4.69) is 10.1 Å². The molecule has 0 aliphatic carbocycles. The smallest absolute Gasteiger partial charge is 0.387 e. The van der Waals surface area contributed by atoms with E-state index in [0.717, 1.165) is 0 Å². The minimum absolute atomic E-state index is 0.0614. The van der Waals surface area contributed by atoms with Gasteiger partial charge in [-0.05, 0) is 30.7 Å². The summed E-state index contributed by atoms with van der Waals surface area (Å²) in [5, 5.41) is 11.0. The minimum atomic E-state index is -2.94. The van der Waals surface area contributed by atoms with Crippen LogP contribution < -0.4 is 14.8 Å². The zero-order chi connectivity index (χ0) is 15.7. The molecule has 0 spiro atoms. The number of halogens is 2. The van der Waals surface area contributed by atoms with Gasteiger partial charge in [0.05, 0.1) is 13.2 Å². The Kier molecular flexibility index (Phi) is 7.17. The number of aliphatic hydroxyl groups is 1. The van der Waals surface area contributed by atoms with Crippen molar-refractivity contribution in [3.8, 4) is 11.5 Å². The summed E-state index contributed by atoms with van der Waals surface area (Å²) >= 11 is 0. The molecule has 0 aliphatic heterocycles. The summed E-state index contributed by atoms with van der Waals surface area (Å²) in [5.41, 5.74) is 0.596. The van der Waals surface area contributed by atoms with Crippen LogP contribution in [0.5, 0.6) is 11.5 Å². The average Bonchev–Trinajstić information content (AvgIpc) is 2.45. The van der Waals surface area contributed by atoms with E-state index in [9.17, 15) is 13.6 Å². The number of nitrogens with one attached hydrogen (secondary N) is 1. The summed E-state index contributed by atoms with van der Waals surface area (Å²) in [6.45, 7) is -0.905. The highest BCUT2D eigenvalue weighted by atomic mass is 19.3. The molecule has 1 aromatic carbocycles. The molecule has 0 heterocycles. The Balaban J connectivity index is 2.82. The van der Waals surface area contributed by atoms with Crippen LogP contribution in [-0.4, -0.2) is 37.4 Å². The first kappa shape index (κ1) is 16.9. The van der Waals surface area contributed by atoms with Crippen LogP contribution in [0.2, 0.25) is 0 Å². The molecule has 21 heavy (non-hydrogen) atoms. The lowest BCUT2D eigenvalue weighted by molar-refractivity contribution is -0.116. The number of amides is 1. The second kappa shape index (κ2) is 8.91.